The minimum absolute atomic E-state index is 0.183. The van der Waals surface area contributed by atoms with Crippen LogP contribution in [0, 0.1) is 5.82 Å². The summed E-state index contributed by atoms with van der Waals surface area (Å²) in [5, 5.41) is 2.19. The molecule has 0 aromatic heterocycles. The van der Waals surface area contributed by atoms with E-state index in [0.717, 1.165) is 6.07 Å². The molecule has 0 unspecified atom stereocenters. The third kappa shape index (κ3) is 8.21. The van der Waals surface area contributed by atoms with Gasteiger partial charge in [0.25, 0.3) is 6.43 Å². The van der Waals surface area contributed by atoms with E-state index in [0.29, 0.717) is 12.1 Å². The van der Waals surface area contributed by atoms with Crippen molar-refractivity contribution in [3.8, 4) is 5.75 Å². The molecule has 0 radical (unpaired) electrons. The van der Waals surface area contributed by atoms with Gasteiger partial charge >= 0.3 is 6.03 Å². The number of halogens is 3. The van der Waals surface area contributed by atoms with Crippen LogP contribution in [0.25, 0.3) is 0 Å². The monoisotopic (exact) mass is 463 g/mol. The number of urea groups is 1. The number of nitrogens with zero attached hydrogens (tertiary/aromatic N) is 1. The average Bonchev–Trinajstić information content (AvgIpc) is 2.68. The third-order valence-electron chi connectivity index (χ3n) is 4.36. The van der Waals surface area contributed by atoms with E-state index >= 15 is 0 Å². The summed E-state index contributed by atoms with van der Waals surface area (Å²) >= 11 is 0. The van der Waals surface area contributed by atoms with Crippen LogP contribution in [0.2, 0.25) is 0 Å². The molecule has 8 nitrogen and oxygen atoms in total. The Kier molecular flexibility index (Phi) is 8.87. The zero-order valence-electron chi connectivity index (χ0n) is 16.8. The Morgan fingerprint density at radius 1 is 1.29 bits per heavy atom. The maximum Gasteiger partial charge on any atom is 0.324 e. The first-order valence-corrected chi connectivity index (χ1v) is 11.2. The Hall–Kier alpha value is -2.60. The molecular formula is C19H24F3N3O5S. The largest absolute Gasteiger partial charge is 0.485 e. The van der Waals surface area contributed by atoms with Crippen LogP contribution >= 0.6 is 0 Å². The predicted octanol–water partition coefficient (Wildman–Crippen LogP) is 2.34. The van der Waals surface area contributed by atoms with Crippen LogP contribution in [0.15, 0.2) is 30.4 Å². The van der Waals surface area contributed by atoms with E-state index in [4.69, 9.17) is 4.74 Å². The number of carbonyl (C=O) groups excluding carboxylic acids is 2. The second kappa shape index (κ2) is 11.1. The molecule has 12 heteroatoms. The van der Waals surface area contributed by atoms with Crippen molar-refractivity contribution in [2.24, 2.45) is 0 Å². The van der Waals surface area contributed by atoms with Gasteiger partial charge in [0.05, 0.1) is 5.75 Å². The second-order valence-corrected chi connectivity index (χ2v) is 8.73. The fraction of sp³-hybridized carbons (Fsp3) is 0.474. The Balaban J connectivity index is 1.84. The van der Waals surface area contributed by atoms with Crippen LogP contribution < -0.4 is 14.8 Å². The number of allylic oxidation sites excluding steroid dienone is 1. The van der Waals surface area contributed by atoms with Crippen LogP contribution in [0.3, 0.4) is 0 Å². The lowest BCUT2D eigenvalue weighted by atomic mass is 10.1. The van der Waals surface area contributed by atoms with E-state index in [9.17, 15) is 31.2 Å². The summed E-state index contributed by atoms with van der Waals surface area (Å²) in [5.41, 5.74) is 0.357. The van der Waals surface area contributed by atoms with Crippen LogP contribution in [0.1, 0.15) is 31.4 Å². The fourth-order valence-electron chi connectivity index (χ4n) is 2.76. The fourth-order valence-corrected chi connectivity index (χ4v) is 4.00. The number of amides is 3. The number of hydrogen-bond acceptors (Lipinski definition) is 5. The van der Waals surface area contributed by atoms with Crippen molar-refractivity contribution in [3.05, 3.63) is 41.7 Å². The average molecular weight is 463 g/mol. The van der Waals surface area contributed by atoms with Crippen molar-refractivity contribution >= 4 is 22.0 Å². The van der Waals surface area contributed by atoms with Gasteiger partial charge in [-0.25, -0.2) is 31.1 Å². The van der Waals surface area contributed by atoms with Crippen molar-refractivity contribution in [3.63, 3.8) is 0 Å². The van der Waals surface area contributed by atoms with Crippen molar-refractivity contribution in [2.45, 2.75) is 32.2 Å². The van der Waals surface area contributed by atoms with Gasteiger partial charge in [-0.3, -0.25) is 10.1 Å². The van der Waals surface area contributed by atoms with Crippen LogP contribution in [0.5, 0.6) is 5.75 Å². The molecule has 1 aromatic rings. The molecule has 1 atom stereocenters. The van der Waals surface area contributed by atoms with Gasteiger partial charge in [-0.05, 0) is 31.0 Å². The summed E-state index contributed by atoms with van der Waals surface area (Å²) in [6.07, 6.45) is 0.887. The van der Waals surface area contributed by atoms with Crippen molar-refractivity contribution < 1.29 is 35.9 Å². The molecule has 0 bridgehead atoms. The Bertz CT molecular complexity index is 924. The molecule has 2 rings (SSSR count). The zero-order chi connectivity index (χ0) is 23.0. The molecule has 0 aliphatic carbocycles. The summed E-state index contributed by atoms with van der Waals surface area (Å²) in [4.78, 5) is 24.1. The number of imide groups is 1. The maximum absolute atomic E-state index is 13.7. The highest BCUT2D eigenvalue weighted by Crippen LogP contribution is 2.24. The molecule has 1 aliphatic heterocycles. The number of benzene rings is 1. The summed E-state index contributed by atoms with van der Waals surface area (Å²) < 4.78 is 69.9. The molecule has 172 valence electrons. The second-order valence-electron chi connectivity index (χ2n) is 6.86. The van der Waals surface area contributed by atoms with Crippen LogP contribution in [-0.4, -0.2) is 57.1 Å². The van der Waals surface area contributed by atoms with Gasteiger partial charge in [-0.15, -0.1) is 0 Å². The van der Waals surface area contributed by atoms with Crippen molar-refractivity contribution in [1.29, 1.82) is 0 Å². The summed E-state index contributed by atoms with van der Waals surface area (Å²) in [6, 6.07) is 2.32. The maximum atomic E-state index is 13.7. The highest BCUT2D eigenvalue weighted by Gasteiger charge is 2.21. The summed E-state index contributed by atoms with van der Waals surface area (Å²) in [6.45, 7) is 1.11. The smallest absolute Gasteiger partial charge is 0.324 e. The van der Waals surface area contributed by atoms with E-state index in [1.165, 1.54) is 24.0 Å². The molecule has 2 N–H and O–H groups in total. The van der Waals surface area contributed by atoms with E-state index in [-0.39, 0.29) is 36.8 Å². The molecule has 1 aliphatic rings. The first kappa shape index (κ1) is 24.7. The zero-order valence-corrected chi connectivity index (χ0v) is 17.6. The van der Waals surface area contributed by atoms with Gasteiger partial charge in [0, 0.05) is 25.6 Å². The lowest BCUT2D eigenvalue weighted by molar-refractivity contribution is -0.121. The highest BCUT2D eigenvalue weighted by molar-refractivity contribution is 7.89. The number of rotatable bonds is 11. The normalized spacial score (nSPS) is 16.1. The predicted molar refractivity (Wildman–Crippen MR) is 107 cm³/mol. The molecule has 1 fully saturated rings. The first-order chi connectivity index (χ1) is 14.6. The Morgan fingerprint density at radius 3 is 2.71 bits per heavy atom. The number of ether oxygens (including phenoxy) is 1. The number of hydrogen-bond donors (Lipinski definition) is 2. The molecular weight excluding hydrogens is 439 g/mol. The lowest BCUT2D eigenvalue weighted by Gasteiger charge is -2.25. The lowest BCUT2D eigenvalue weighted by Crippen LogP contribution is -2.49. The SMILES string of the molecule is C[C@@H](NS(=O)(=O)CC/C=C/CN1CCC(=O)NC1=O)c1ccc(F)c(OCC(F)F)c1. The minimum atomic E-state index is -3.69. The van der Waals surface area contributed by atoms with Crippen LogP contribution in [0.4, 0.5) is 18.0 Å². The standard InChI is InChI=1S/C19H24F3N3O5S/c1-13(14-5-6-15(20)16(11-14)30-12-17(21)22)24-31(28,29)10-4-2-3-8-25-9-7-18(26)23-19(25)27/h2-3,5-6,11,13,17,24H,4,7-10,12H2,1H3,(H,23,26,27)/b3-2+/t13-/m1/s1. The quantitative estimate of drug-likeness (QED) is 0.490. The van der Waals surface area contributed by atoms with Crippen molar-refractivity contribution in [2.75, 3.05) is 25.4 Å². The summed E-state index contributed by atoms with van der Waals surface area (Å²) in [5.74, 6) is -1.76. The Labute approximate surface area is 178 Å². The van der Waals surface area contributed by atoms with Gasteiger partial charge in [0.1, 0.15) is 6.61 Å². The summed E-state index contributed by atoms with van der Waals surface area (Å²) in [7, 11) is -3.69. The van der Waals surface area contributed by atoms with Crippen LogP contribution in [-0.2, 0) is 14.8 Å². The first-order valence-electron chi connectivity index (χ1n) is 9.51. The number of alkyl halides is 2. The molecule has 0 saturated carbocycles. The molecule has 1 aromatic carbocycles. The number of nitrogens with one attached hydrogen (secondary N) is 2. The van der Waals surface area contributed by atoms with E-state index in [1.807, 2.05) is 0 Å². The third-order valence-corrected chi connectivity index (χ3v) is 5.85. The molecule has 3 amide bonds. The molecule has 1 heterocycles. The molecule has 0 spiro atoms. The highest BCUT2D eigenvalue weighted by atomic mass is 32.2. The van der Waals surface area contributed by atoms with Crippen molar-refractivity contribution in [1.82, 2.24) is 14.9 Å². The van der Waals surface area contributed by atoms with Gasteiger partial charge in [0.2, 0.25) is 15.9 Å². The van der Waals surface area contributed by atoms with Gasteiger partial charge in [0.15, 0.2) is 11.6 Å². The van der Waals surface area contributed by atoms with E-state index < -0.39 is 40.9 Å². The number of carbonyl (C=O) groups is 2. The molecule has 31 heavy (non-hydrogen) atoms. The van der Waals surface area contributed by atoms with Gasteiger partial charge in [-0.1, -0.05) is 18.2 Å². The van der Waals surface area contributed by atoms with Gasteiger partial charge in [-0.2, -0.15) is 0 Å². The Morgan fingerprint density at radius 2 is 2.03 bits per heavy atom. The topological polar surface area (TPSA) is 105 Å². The molecule has 1 saturated heterocycles. The van der Waals surface area contributed by atoms with Gasteiger partial charge < -0.3 is 9.64 Å². The number of sulfonamides is 1. The van der Waals surface area contributed by atoms with E-state index in [1.54, 1.807) is 12.2 Å². The van der Waals surface area contributed by atoms with E-state index in [2.05, 4.69) is 10.0 Å². The minimum Gasteiger partial charge on any atom is -0.485 e.